The summed E-state index contributed by atoms with van der Waals surface area (Å²) in [5.41, 5.74) is -0.787. The second-order valence-electron chi connectivity index (χ2n) is 6.38. The van der Waals surface area contributed by atoms with Crippen LogP contribution in [0.5, 0.6) is 0 Å². The molecule has 1 aliphatic heterocycles. The fraction of sp³-hybridized carbons (Fsp3) is 0.867. The lowest BCUT2D eigenvalue weighted by molar-refractivity contribution is -0.151. The Kier molecular flexibility index (Phi) is 5.45. The number of amides is 2. The summed E-state index contributed by atoms with van der Waals surface area (Å²) in [5, 5.41) is 12.4. The van der Waals surface area contributed by atoms with Gasteiger partial charge in [0.1, 0.15) is 0 Å². The maximum atomic E-state index is 12.2. The normalized spacial score (nSPS) is 30.5. The monoisotopic (exact) mass is 298 g/mol. The van der Waals surface area contributed by atoms with Crippen LogP contribution in [0.4, 0.5) is 4.79 Å². The molecule has 2 N–H and O–H groups in total. The van der Waals surface area contributed by atoms with Crippen molar-refractivity contribution < 1.29 is 19.4 Å². The number of carbonyl (C=O) groups excluding carboxylic acids is 1. The molecule has 0 unspecified atom stereocenters. The molecule has 1 saturated heterocycles. The highest BCUT2D eigenvalue weighted by Gasteiger charge is 2.41. The Morgan fingerprint density at radius 1 is 1.29 bits per heavy atom. The zero-order valence-corrected chi connectivity index (χ0v) is 12.8. The topological polar surface area (TPSA) is 78.9 Å². The largest absolute Gasteiger partial charge is 0.481 e. The van der Waals surface area contributed by atoms with Crippen molar-refractivity contribution in [1.29, 1.82) is 0 Å². The minimum absolute atomic E-state index is 0.167. The number of carboxylic acid groups (broad SMARTS) is 1. The minimum Gasteiger partial charge on any atom is -0.481 e. The molecule has 1 aliphatic carbocycles. The lowest BCUT2D eigenvalue weighted by atomic mass is 9.71. The van der Waals surface area contributed by atoms with Crippen molar-refractivity contribution in [3.63, 3.8) is 0 Å². The molecule has 120 valence electrons. The maximum absolute atomic E-state index is 12.2. The van der Waals surface area contributed by atoms with Crippen molar-refractivity contribution in [3.8, 4) is 0 Å². The van der Waals surface area contributed by atoms with Crippen LogP contribution in [0.15, 0.2) is 0 Å². The van der Waals surface area contributed by atoms with Crippen molar-refractivity contribution in [2.45, 2.75) is 39.0 Å². The van der Waals surface area contributed by atoms with E-state index in [9.17, 15) is 14.7 Å². The fourth-order valence-corrected chi connectivity index (χ4v) is 3.09. The highest BCUT2D eigenvalue weighted by Crippen LogP contribution is 2.38. The van der Waals surface area contributed by atoms with Gasteiger partial charge >= 0.3 is 12.0 Å². The second kappa shape index (κ2) is 7.11. The van der Waals surface area contributed by atoms with Gasteiger partial charge in [-0.3, -0.25) is 4.79 Å². The summed E-state index contributed by atoms with van der Waals surface area (Å²) in [4.78, 5) is 25.5. The Morgan fingerprint density at radius 2 is 2.00 bits per heavy atom. The van der Waals surface area contributed by atoms with Gasteiger partial charge in [-0.15, -0.1) is 0 Å². The molecule has 21 heavy (non-hydrogen) atoms. The van der Waals surface area contributed by atoms with E-state index in [2.05, 4.69) is 12.2 Å². The van der Waals surface area contributed by atoms with E-state index in [1.165, 1.54) is 0 Å². The van der Waals surface area contributed by atoms with E-state index in [1.807, 2.05) is 0 Å². The third-order valence-corrected chi connectivity index (χ3v) is 4.77. The Balaban J connectivity index is 1.89. The summed E-state index contributed by atoms with van der Waals surface area (Å²) in [7, 11) is 0. The maximum Gasteiger partial charge on any atom is 0.317 e. The van der Waals surface area contributed by atoms with Crippen molar-refractivity contribution in [2.24, 2.45) is 11.3 Å². The average molecular weight is 298 g/mol. The van der Waals surface area contributed by atoms with E-state index in [-0.39, 0.29) is 12.6 Å². The predicted octanol–water partition coefficient (Wildman–Crippen LogP) is 1.70. The van der Waals surface area contributed by atoms with E-state index < -0.39 is 11.4 Å². The van der Waals surface area contributed by atoms with Crippen molar-refractivity contribution in [1.82, 2.24) is 10.2 Å². The molecule has 2 fully saturated rings. The molecule has 1 saturated carbocycles. The first-order valence-corrected chi connectivity index (χ1v) is 7.87. The second-order valence-corrected chi connectivity index (χ2v) is 6.38. The standard InChI is InChI=1S/C15H26N2O4/c1-12-3-5-15(6-4-12,13(18)19)11-16-14(20)17-7-2-9-21-10-8-17/h12H,2-11H2,1H3,(H,16,20)(H,18,19). The van der Waals surface area contributed by atoms with Gasteiger partial charge in [0.2, 0.25) is 0 Å². The van der Waals surface area contributed by atoms with Gasteiger partial charge in [-0.1, -0.05) is 6.92 Å². The molecular formula is C15H26N2O4. The minimum atomic E-state index is -0.787. The van der Waals surface area contributed by atoms with Gasteiger partial charge in [0.25, 0.3) is 0 Å². The zero-order valence-electron chi connectivity index (χ0n) is 12.8. The van der Waals surface area contributed by atoms with Gasteiger partial charge in [-0.2, -0.15) is 0 Å². The number of carboxylic acids is 1. The highest BCUT2D eigenvalue weighted by molar-refractivity contribution is 5.78. The van der Waals surface area contributed by atoms with Crippen molar-refractivity contribution in [3.05, 3.63) is 0 Å². The Hall–Kier alpha value is -1.30. The molecule has 0 spiro atoms. The molecule has 0 aromatic heterocycles. The Bertz CT molecular complexity index is 370. The molecule has 2 amide bonds. The molecule has 0 aromatic carbocycles. The Morgan fingerprint density at radius 3 is 2.67 bits per heavy atom. The molecule has 2 rings (SSSR count). The molecule has 6 nitrogen and oxygen atoms in total. The number of carbonyl (C=O) groups is 2. The zero-order chi connectivity index (χ0) is 15.3. The van der Waals surface area contributed by atoms with Gasteiger partial charge in [-0.05, 0) is 38.0 Å². The van der Waals surface area contributed by atoms with Crippen molar-refractivity contribution in [2.75, 3.05) is 32.8 Å². The smallest absolute Gasteiger partial charge is 0.317 e. The third kappa shape index (κ3) is 4.09. The summed E-state index contributed by atoms with van der Waals surface area (Å²) < 4.78 is 5.32. The van der Waals surface area contributed by atoms with Gasteiger partial charge in [0, 0.05) is 26.2 Å². The van der Waals surface area contributed by atoms with Gasteiger partial charge in [-0.25, -0.2) is 4.79 Å². The van der Waals surface area contributed by atoms with E-state index in [0.717, 1.165) is 19.3 Å². The van der Waals surface area contributed by atoms with Crippen LogP contribution < -0.4 is 5.32 Å². The van der Waals surface area contributed by atoms with Gasteiger partial charge < -0.3 is 20.1 Å². The number of aliphatic carboxylic acids is 1. The summed E-state index contributed by atoms with van der Waals surface area (Å²) in [6, 6.07) is -0.167. The van der Waals surface area contributed by atoms with Crippen LogP contribution >= 0.6 is 0 Å². The predicted molar refractivity (Wildman–Crippen MR) is 78.1 cm³/mol. The summed E-state index contributed by atoms with van der Waals surface area (Å²) in [6.07, 6.45) is 3.95. The average Bonchev–Trinajstić information content (AvgIpc) is 2.75. The van der Waals surface area contributed by atoms with Crippen LogP contribution in [-0.4, -0.2) is 54.9 Å². The van der Waals surface area contributed by atoms with E-state index >= 15 is 0 Å². The van der Waals surface area contributed by atoms with Crippen LogP contribution in [0.25, 0.3) is 0 Å². The summed E-state index contributed by atoms with van der Waals surface area (Å²) in [6.45, 7) is 4.86. The Labute approximate surface area is 125 Å². The molecule has 0 bridgehead atoms. The van der Waals surface area contributed by atoms with Crippen LogP contribution in [0.3, 0.4) is 0 Å². The van der Waals surface area contributed by atoms with E-state index in [0.29, 0.717) is 45.1 Å². The van der Waals surface area contributed by atoms with Crippen LogP contribution in [-0.2, 0) is 9.53 Å². The number of ether oxygens (including phenoxy) is 1. The van der Waals surface area contributed by atoms with E-state index in [1.54, 1.807) is 4.90 Å². The first-order chi connectivity index (χ1) is 10.0. The van der Waals surface area contributed by atoms with E-state index in [4.69, 9.17) is 4.74 Å². The first-order valence-electron chi connectivity index (χ1n) is 7.87. The number of urea groups is 1. The fourth-order valence-electron chi connectivity index (χ4n) is 3.09. The lowest BCUT2D eigenvalue weighted by Gasteiger charge is -2.36. The molecule has 0 radical (unpaired) electrons. The number of hydrogen-bond donors (Lipinski definition) is 2. The van der Waals surface area contributed by atoms with Crippen LogP contribution in [0.2, 0.25) is 0 Å². The molecule has 6 heteroatoms. The first kappa shape index (κ1) is 16.1. The lowest BCUT2D eigenvalue weighted by Crippen LogP contribution is -2.49. The number of hydrogen-bond acceptors (Lipinski definition) is 3. The molecule has 1 heterocycles. The molecule has 2 aliphatic rings. The molecule has 0 atom stereocenters. The number of rotatable bonds is 3. The summed E-state index contributed by atoms with van der Waals surface area (Å²) >= 11 is 0. The van der Waals surface area contributed by atoms with Gasteiger partial charge in [0.05, 0.1) is 12.0 Å². The van der Waals surface area contributed by atoms with Crippen molar-refractivity contribution >= 4 is 12.0 Å². The molecule has 0 aromatic rings. The molecular weight excluding hydrogens is 272 g/mol. The quantitative estimate of drug-likeness (QED) is 0.831. The number of nitrogens with one attached hydrogen (secondary N) is 1. The van der Waals surface area contributed by atoms with Crippen LogP contribution in [0.1, 0.15) is 39.0 Å². The van der Waals surface area contributed by atoms with Gasteiger partial charge in [0.15, 0.2) is 0 Å². The highest BCUT2D eigenvalue weighted by atomic mass is 16.5. The number of nitrogens with zero attached hydrogens (tertiary/aromatic N) is 1. The summed E-state index contributed by atoms with van der Waals surface area (Å²) in [5.74, 6) is -0.204. The third-order valence-electron chi connectivity index (χ3n) is 4.77. The SMILES string of the molecule is CC1CCC(CNC(=O)N2CCCOCC2)(C(=O)O)CC1. The van der Waals surface area contributed by atoms with Crippen LogP contribution in [0, 0.1) is 11.3 Å².